The number of benzene rings is 2. The Morgan fingerprint density at radius 2 is 2.09 bits per heavy atom. The zero-order chi connectivity index (χ0) is 23.3. The van der Waals surface area contributed by atoms with Crippen molar-refractivity contribution in [2.45, 2.75) is 17.9 Å². The number of carboxylic acids is 1. The van der Waals surface area contributed by atoms with Crippen molar-refractivity contribution < 1.29 is 27.4 Å². The Hall–Kier alpha value is -3.51. The van der Waals surface area contributed by atoms with Crippen molar-refractivity contribution in [2.24, 2.45) is 9.98 Å². The Morgan fingerprint density at radius 3 is 2.75 bits per heavy atom. The van der Waals surface area contributed by atoms with E-state index in [0.29, 0.717) is 22.0 Å². The molecule has 10 nitrogen and oxygen atoms in total. The van der Waals surface area contributed by atoms with Crippen molar-refractivity contribution in [3.8, 4) is 5.75 Å². The summed E-state index contributed by atoms with van der Waals surface area (Å²) in [7, 11) is -4.46. The highest BCUT2D eigenvalue weighted by Gasteiger charge is 2.27. The summed E-state index contributed by atoms with van der Waals surface area (Å²) >= 11 is 1.27. The van der Waals surface area contributed by atoms with Crippen LogP contribution in [0.15, 0.2) is 63.4 Å². The van der Waals surface area contributed by atoms with E-state index in [4.69, 9.17) is 9.29 Å². The van der Waals surface area contributed by atoms with Gasteiger partial charge in [-0.05, 0) is 31.2 Å². The number of thioether (sulfide) groups is 1. The fourth-order valence-corrected chi connectivity index (χ4v) is 4.69. The van der Waals surface area contributed by atoms with E-state index in [1.807, 2.05) is 0 Å². The first-order chi connectivity index (χ1) is 15.2. The van der Waals surface area contributed by atoms with Crippen molar-refractivity contribution in [3.63, 3.8) is 0 Å². The molecular weight excluding hydrogens is 458 g/mol. The Labute approximate surface area is 187 Å². The van der Waals surface area contributed by atoms with Crippen LogP contribution in [0.1, 0.15) is 12.5 Å². The number of hydrogen-bond acceptors (Lipinski definition) is 9. The van der Waals surface area contributed by atoms with Crippen LogP contribution in [0, 0.1) is 10.1 Å². The van der Waals surface area contributed by atoms with Crippen LogP contribution >= 0.6 is 11.8 Å². The van der Waals surface area contributed by atoms with Crippen LogP contribution in [-0.4, -0.2) is 47.5 Å². The lowest BCUT2D eigenvalue weighted by Gasteiger charge is -2.09. The number of nitrogens with zero attached hydrogens (tertiary/aromatic N) is 3. The molecule has 0 fully saturated rings. The third-order valence-corrected chi connectivity index (χ3v) is 6.44. The third-order valence-electron chi connectivity index (χ3n) is 4.15. The van der Waals surface area contributed by atoms with Gasteiger partial charge in [0.05, 0.1) is 16.8 Å². The van der Waals surface area contributed by atoms with Crippen molar-refractivity contribution in [3.05, 3.63) is 64.2 Å². The van der Waals surface area contributed by atoms with Crippen LogP contribution in [0.25, 0.3) is 6.08 Å². The van der Waals surface area contributed by atoms with Gasteiger partial charge in [0, 0.05) is 17.4 Å². The molecule has 3 rings (SSSR count). The van der Waals surface area contributed by atoms with Gasteiger partial charge in [0.2, 0.25) is 0 Å². The first-order valence-electron chi connectivity index (χ1n) is 9.13. The normalized spacial score (nSPS) is 16.4. The van der Waals surface area contributed by atoms with Gasteiger partial charge in [-0.1, -0.05) is 24.3 Å². The number of allylic oxidation sites excluding steroid dienone is 1. The SMILES string of the molecule is C/C=C\c1cc(OS(=O)(=O)c2ccccc2[N+](=O)[O-])ccc1N=CC1=N[C@@H](C(=O)O)CS1. The molecule has 166 valence electrons. The molecule has 1 aliphatic heterocycles. The first kappa shape index (κ1) is 23.2. The summed E-state index contributed by atoms with van der Waals surface area (Å²) in [6.45, 7) is 1.76. The summed E-state index contributed by atoms with van der Waals surface area (Å²) in [6, 6.07) is 8.43. The van der Waals surface area contributed by atoms with Gasteiger partial charge in [-0.3, -0.25) is 20.1 Å². The second kappa shape index (κ2) is 9.75. The van der Waals surface area contributed by atoms with Crippen molar-refractivity contribution in [1.82, 2.24) is 0 Å². The monoisotopic (exact) mass is 475 g/mol. The predicted molar refractivity (Wildman–Crippen MR) is 122 cm³/mol. The zero-order valence-electron chi connectivity index (χ0n) is 16.6. The molecule has 0 spiro atoms. The van der Waals surface area contributed by atoms with Crippen LogP contribution in [0.2, 0.25) is 0 Å². The minimum absolute atomic E-state index is 0.0475. The molecule has 12 heteroatoms. The fraction of sp³-hybridized carbons (Fsp3) is 0.150. The lowest BCUT2D eigenvalue weighted by Crippen LogP contribution is -2.17. The average Bonchev–Trinajstić information content (AvgIpc) is 3.23. The molecule has 1 aliphatic rings. The topological polar surface area (TPSA) is 149 Å². The summed E-state index contributed by atoms with van der Waals surface area (Å²) in [5.74, 6) is -0.722. The molecule has 32 heavy (non-hydrogen) atoms. The van der Waals surface area contributed by atoms with E-state index in [0.717, 1.165) is 12.1 Å². The van der Waals surface area contributed by atoms with Crippen molar-refractivity contribution in [1.29, 1.82) is 0 Å². The lowest BCUT2D eigenvalue weighted by atomic mass is 10.1. The highest BCUT2D eigenvalue weighted by Crippen LogP contribution is 2.30. The molecule has 2 aromatic carbocycles. The van der Waals surface area contributed by atoms with Crippen LogP contribution in [0.4, 0.5) is 11.4 Å². The zero-order valence-corrected chi connectivity index (χ0v) is 18.2. The molecule has 0 unspecified atom stereocenters. The molecule has 0 saturated carbocycles. The molecule has 0 amide bonds. The van der Waals surface area contributed by atoms with Crippen LogP contribution in [0.3, 0.4) is 0 Å². The molecule has 2 aromatic rings. The van der Waals surface area contributed by atoms with Crippen LogP contribution < -0.4 is 4.18 Å². The maximum absolute atomic E-state index is 12.6. The Kier molecular flexibility index (Phi) is 7.05. The van der Waals surface area contributed by atoms with E-state index in [1.54, 1.807) is 19.1 Å². The number of hydrogen-bond donors (Lipinski definition) is 1. The van der Waals surface area contributed by atoms with E-state index in [9.17, 15) is 23.3 Å². The van der Waals surface area contributed by atoms with Crippen molar-refractivity contribution >= 4 is 56.6 Å². The lowest BCUT2D eigenvalue weighted by molar-refractivity contribution is -0.387. The highest BCUT2D eigenvalue weighted by atomic mass is 32.2. The first-order valence-corrected chi connectivity index (χ1v) is 11.5. The second-order valence-corrected chi connectivity index (χ2v) is 8.93. The maximum atomic E-state index is 12.6. The van der Waals surface area contributed by atoms with Gasteiger partial charge in [0.25, 0.3) is 5.69 Å². The fourth-order valence-electron chi connectivity index (χ4n) is 2.72. The summed E-state index contributed by atoms with van der Waals surface area (Å²) in [4.78, 5) is 29.2. The van der Waals surface area contributed by atoms with E-state index in [2.05, 4.69) is 9.98 Å². The van der Waals surface area contributed by atoms with Crippen molar-refractivity contribution in [2.75, 3.05) is 5.75 Å². The number of rotatable bonds is 8. The van der Waals surface area contributed by atoms with Gasteiger partial charge in [-0.2, -0.15) is 8.42 Å². The number of carboxylic acid groups (broad SMARTS) is 1. The number of carbonyl (C=O) groups is 1. The molecule has 1 atom stereocenters. The Bertz CT molecular complexity index is 1250. The molecule has 1 N–H and O–H groups in total. The molecule has 0 aliphatic carbocycles. The van der Waals surface area contributed by atoms with E-state index >= 15 is 0 Å². The second-order valence-electron chi connectivity index (χ2n) is 6.37. The average molecular weight is 476 g/mol. The number of nitro groups is 1. The smallest absolute Gasteiger partial charge is 0.346 e. The minimum atomic E-state index is -4.46. The molecule has 0 bridgehead atoms. The van der Waals surface area contributed by atoms with E-state index < -0.39 is 37.6 Å². The van der Waals surface area contributed by atoms with Gasteiger partial charge in [0.1, 0.15) is 10.8 Å². The predicted octanol–water partition coefficient (Wildman–Crippen LogP) is 3.70. The molecule has 0 aromatic heterocycles. The maximum Gasteiger partial charge on any atom is 0.346 e. The molecule has 0 radical (unpaired) electrons. The molecule has 1 heterocycles. The van der Waals surface area contributed by atoms with Crippen LogP contribution in [-0.2, 0) is 14.9 Å². The van der Waals surface area contributed by atoms with E-state index in [-0.39, 0.29) is 5.75 Å². The number of para-hydroxylation sites is 1. The molecule has 0 saturated heterocycles. The summed E-state index contributed by atoms with van der Waals surface area (Å²) in [5, 5.41) is 20.6. The van der Waals surface area contributed by atoms with Gasteiger partial charge in [-0.25, -0.2) is 4.79 Å². The van der Waals surface area contributed by atoms with Gasteiger partial charge in [0.15, 0.2) is 10.9 Å². The number of aliphatic imine (C=N–C) groups is 2. The Balaban J connectivity index is 1.88. The summed E-state index contributed by atoms with van der Waals surface area (Å²) in [6.07, 6.45) is 4.85. The van der Waals surface area contributed by atoms with Crippen LogP contribution in [0.5, 0.6) is 5.75 Å². The minimum Gasteiger partial charge on any atom is -0.480 e. The quantitative estimate of drug-likeness (QED) is 0.263. The number of nitro benzene ring substituents is 1. The van der Waals surface area contributed by atoms with Gasteiger partial charge < -0.3 is 9.29 Å². The van der Waals surface area contributed by atoms with Gasteiger partial charge >= 0.3 is 16.1 Å². The number of aliphatic carboxylic acids is 1. The van der Waals surface area contributed by atoms with Gasteiger partial charge in [-0.15, -0.1) is 11.8 Å². The Morgan fingerprint density at radius 1 is 1.34 bits per heavy atom. The molecular formula is C20H17N3O7S2. The largest absolute Gasteiger partial charge is 0.480 e. The highest BCUT2D eigenvalue weighted by molar-refractivity contribution is 8.15. The third kappa shape index (κ3) is 5.39. The standard InChI is InChI=1S/C20H17N3O7S2/c1-2-5-13-10-14(30-32(28,29)18-7-4-3-6-17(18)23(26)27)8-9-15(13)21-11-19-22-16(12-31-19)20(24)25/h2-11,16H,12H2,1H3,(H,24,25)/b5-2-,21-11?/t16-/m1/s1. The van der Waals surface area contributed by atoms with E-state index in [1.165, 1.54) is 48.3 Å². The summed E-state index contributed by atoms with van der Waals surface area (Å²) < 4.78 is 30.4. The summed E-state index contributed by atoms with van der Waals surface area (Å²) in [5.41, 5.74) is 0.412.